The molecule has 2 N–H and O–H groups in total. The van der Waals surface area contributed by atoms with E-state index in [4.69, 9.17) is 10.2 Å². The van der Waals surface area contributed by atoms with Gasteiger partial charge in [0.05, 0.1) is 12.7 Å². The molecule has 8 heteroatoms. The van der Waals surface area contributed by atoms with Crippen LogP contribution in [0.15, 0.2) is 0 Å². The first kappa shape index (κ1) is 19.1. The van der Waals surface area contributed by atoms with Gasteiger partial charge in [0, 0.05) is 17.3 Å². The Labute approximate surface area is 123 Å². The minimum absolute atomic E-state index is 0. The van der Waals surface area contributed by atoms with Gasteiger partial charge in [-0.2, -0.15) is 0 Å². The van der Waals surface area contributed by atoms with Crippen LogP contribution < -0.4 is 29.6 Å². The Kier molecular flexibility index (Phi) is 17.5. The van der Waals surface area contributed by atoms with Crippen molar-refractivity contribution in [3.8, 4) is 0 Å². The standard InChI is InChI=1S/C7H16O4S3.Na/c8-5-7(9)6-13-12-3-1-2-4-14(10)11;/h7-9H,1-6H2,(H,10,11);/q;+1/p-1. The molecule has 2 unspecified atom stereocenters. The topological polar surface area (TPSA) is 80.6 Å². The average molecular weight is 282 g/mol. The van der Waals surface area contributed by atoms with Crippen LogP contribution in [-0.4, -0.2) is 48.9 Å². The number of hydrogen-bond acceptors (Lipinski definition) is 6. The Morgan fingerprint density at radius 1 is 1.33 bits per heavy atom. The largest absolute Gasteiger partial charge is 1.00 e. The maximum absolute atomic E-state index is 10.1. The summed E-state index contributed by atoms with van der Waals surface area (Å²) in [5, 5.41) is 17.5. The molecule has 0 amide bonds. The van der Waals surface area contributed by atoms with Crippen LogP contribution in [0.5, 0.6) is 0 Å². The van der Waals surface area contributed by atoms with E-state index in [0.717, 1.165) is 12.2 Å². The molecule has 0 radical (unpaired) electrons. The summed E-state index contributed by atoms with van der Waals surface area (Å²) >= 11 is -1.92. The third kappa shape index (κ3) is 15.7. The van der Waals surface area contributed by atoms with Gasteiger partial charge in [0.1, 0.15) is 0 Å². The van der Waals surface area contributed by atoms with E-state index >= 15 is 0 Å². The molecule has 0 spiro atoms. The molecule has 0 rings (SSSR count). The molecule has 0 aromatic heterocycles. The molecular formula is C7H15NaO4S3. The molecule has 0 fully saturated rings. The summed E-state index contributed by atoms with van der Waals surface area (Å²) in [5.41, 5.74) is 0. The van der Waals surface area contributed by atoms with E-state index in [1.165, 1.54) is 10.8 Å². The minimum Gasteiger partial charge on any atom is -0.772 e. The van der Waals surface area contributed by atoms with Gasteiger partial charge in [0.2, 0.25) is 0 Å². The van der Waals surface area contributed by atoms with Crippen LogP contribution in [0.4, 0.5) is 0 Å². The third-order valence-corrected chi connectivity index (χ3v) is 4.52. The molecule has 0 saturated carbocycles. The zero-order valence-electron chi connectivity index (χ0n) is 8.76. The van der Waals surface area contributed by atoms with Gasteiger partial charge in [-0.05, 0) is 12.8 Å². The van der Waals surface area contributed by atoms with E-state index in [-0.39, 0.29) is 41.9 Å². The normalized spacial score (nSPS) is 14.3. The molecule has 86 valence electrons. The molecule has 0 saturated heterocycles. The maximum Gasteiger partial charge on any atom is 1.00 e. The zero-order valence-corrected chi connectivity index (χ0v) is 13.2. The molecule has 0 aliphatic rings. The number of aliphatic hydroxyl groups excluding tert-OH is 2. The quantitative estimate of drug-likeness (QED) is 0.209. The Balaban J connectivity index is 0. The first-order valence-electron chi connectivity index (χ1n) is 4.26. The van der Waals surface area contributed by atoms with Crippen LogP contribution in [0.3, 0.4) is 0 Å². The van der Waals surface area contributed by atoms with Crippen molar-refractivity contribution >= 4 is 32.7 Å². The summed E-state index contributed by atoms with van der Waals surface area (Å²) in [4.78, 5) is 0. The van der Waals surface area contributed by atoms with Gasteiger partial charge < -0.3 is 14.8 Å². The summed E-state index contributed by atoms with van der Waals surface area (Å²) in [6.07, 6.45) is 0.897. The summed E-state index contributed by atoms with van der Waals surface area (Å²) < 4.78 is 20.3. The van der Waals surface area contributed by atoms with E-state index in [9.17, 15) is 8.76 Å². The van der Waals surface area contributed by atoms with Crippen LogP contribution in [0.25, 0.3) is 0 Å². The molecule has 0 aromatic carbocycles. The van der Waals surface area contributed by atoms with Crippen LogP contribution in [0.2, 0.25) is 0 Å². The summed E-state index contributed by atoms with van der Waals surface area (Å²) in [6.45, 7) is -0.206. The Bertz CT molecular complexity index is 161. The van der Waals surface area contributed by atoms with Gasteiger partial charge in [-0.25, -0.2) is 0 Å². The van der Waals surface area contributed by atoms with Gasteiger partial charge >= 0.3 is 29.6 Å². The maximum atomic E-state index is 10.1. The molecular weight excluding hydrogens is 267 g/mol. The SMILES string of the molecule is O=S([O-])CCCCSSCC(O)CO.[Na+]. The fraction of sp³-hybridized carbons (Fsp3) is 1.00. The van der Waals surface area contributed by atoms with Crippen molar-refractivity contribution in [2.24, 2.45) is 0 Å². The van der Waals surface area contributed by atoms with E-state index in [2.05, 4.69) is 0 Å². The first-order valence-corrected chi connectivity index (χ1v) is 7.99. The number of rotatable bonds is 9. The van der Waals surface area contributed by atoms with Crippen LogP contribution in [0.1, 0.15) is 12.8 Å². The van der Waals surface area contributed by atoms with Crippen molar-refractivity contribution in [1.29, 1.82) is 0 Å². The number of hydrogen-bond donors (Lipinski definition) is 2. The molecule has 0 aliphatic carbocycles. The summed E-state index contributed by atoms with van der Waals surface area (Å²) in [7, 11) is 3.09. The second-order valence-electron chi connectivity index (χ2n) is 2.66. The van der Waals surface area contributed by atoms with Gasteiger partial charge in [-0.1, -0.05) is 32.7 Å². The van der Waals surface area contributed by atoms with Crippen molar-refractivity contribution in [3.05, 3.63) is 0 Å². The second kappa shape index (κ2) is 13.8. The molecule has 0 heterocycles. The van der Waals surface area contributed by atoms with Crippen LogP contribution in [0, 0.1) is 0 Å². The summed E-state index contributed by atoms with van der Waals surface area (Å²) in [6, 6.07) is 0. The van der Waals surface area contributed by atoms with Crippen molar-refractivity contribution in [3.63, 3.8) is 0 Å². The fourth-order valence-electron chi connectivity index (χ4n) is 0.619. The van der Waals surface area contributed by atoms with E-state index in [1.807, 2.05) is 0 Å². The smallest absolute Gasteiger partial charge is 0.772 e. The molecule has 0 bridgehead atoms. The van der Waals surface area contributed by atoms with Crippen molar-refractivity contribution in [2.75, 3.05) is 23.9 Å². The number of unbranched alkanes of at least 4 members (excludes halogenated alkanes) is 1. The van der Waals surface area contributed by atoms with Crippen LogP contribution >= 0.6 is 21.6 Å². The van der Waals surface area contributed by atoms with Gasteiger partial charge in [0.25, 0.3) is 0 Å². The molecule has 15 heavy (non-hydrogen) atoms. The van der Waals surface area contributed by atoms with Crippen molar-refractivity contribution < 1.29 is 48.5 Å². The Hall–Kier alpha value is 1.73. The first-order chi connectivity index (χ1) is 6.66. The molecule has 0 aliphatic heterocycles. The Morgan fingerprint density at radius 2 is 2.00 bits per heavy atom. The number of aliphatic hydroxyl groups is 2. The van der Waals surface area contributed by atoms with Gasteiger partial charge in [-0.3, -0.25) is 4.21 Å². The Morgan fingerprint density at radius 3 is 2.53 bits per heavy atom. The zero-order chi connectivity index (χ0) is 10.8. The predicted octanol–water partition coefficient (Wildman–Crippen LogP) is -2.62. The van der Waals surface area contributed by atoms with E-state index in [0.29, 0.717) is 12.2 Å². The molecule has 2 atom stereocenters. The fourth-order valence-corrected chi connectivity index (χ4v) is 3.32. The van der Waals surface area contributed by atoms with Gasteiger partial charge in [-0.15, -0.1) is 0 Å². The van der Waals surface area contributed by atoms with Gasteiger partial charge in [0.15, 0.2) is 0 Å². The predicted molar refractivity (Wildman–Crippen MR) is 61.0 cm³/mol. The average Bonchev–Trinajstić information content (AvgIpc) is 2.15. The molecule has 0 aromatic rings. The monoisotopic (exact) mass is 282 g/mol. The minimum atomic E-state index is -1.92. The molecule has 4 nitrogen and oxygen atoms in total. The second-order valence-corrected chi connectivity index (χ2v) is 6.30. The van der Waals surface area contributed by atoms with E-state index in [1.54, 1.807) is 10.8 Å². The third-order valence-electron chi connectivity index (χ3n) is 1.34. The summed E-state index contributed by atoms with van der Waals surface area (Å²) in [5.74, 6) is 1.61. The van der Waals surface area contributed by atoms with Crippen LogP contribution in [-0.2, 0) is 11.1 Å². The van der Waals surface area contributed by atoms with E-state index < -0.39 is 17.2 Å². The van der Waals surface area contributed by atoms with Crippen molar-refractivity contribution in [1.82, 2.24) is 0 Å². The van der Waals surface area contributed by atoms with Crippen molar-refractivity contribution in [2.45, 2.75) is 18.9 Å².